The Morgan fingerprint density at radius 2 is 1.88 bits per heavy atom. The number of benzene rings is 1. The van der Waals surface area contributed by atoms with Crippen LogP contribution in [0.2, 0.25) is 0 Å². The number of phenols is 3. The third kappa shape index (κ3) is 1.42. The van der Waals surface area contributed by atoms with Crippen molar-refractivity contribution in [2.75, 3.05) is 0 Å². The molecule has 0 spiro atoms. The minimum atomic E-state index is -1.24. The van der Waals surface area contributed by atoms with Gasteiger partial charge in [0.1, 0.15) is 6.10 Å². The Balaban J connectivity index is 2.73. The highest BCUT2D eigenvalue weighted by molar-refractivity contribution is 6.06. The summed E-state index contributed by atoms with van der Waals surface area (Å²) < 4.78 is 0. The van der Waals surface area contributed by atoms with Crippen molar-refractivity contribution in [1.82, 2.24) is 0 Å². The molecule has 1 aromatic carbocycles. The van der Waals surface area contributed by atoms with E-state index in [9.17, 15) is 25.2 Å². The average Bonchev–Trinajstić information content (AvgIpc) is 2.37. The molecule has 84 valence electrons. The second kappa shape index (κ2) is 3.53. The molecule has 0 aliphatic heterocycles. The van der Waals surface area contributed by atoms with Crippen molar-refractivity contribution >= 4 is 11.9 Å². The molecule has 0 heterocycles. The normalized spacial score (nSPS) is 19.3. The van der Waals surface area contributed by atoms with Crippen molar-refractivity contribution in [3.8, 4) is 17.2 Å². The fourth-order valence-electron chi connectivity index (χ4n) is 1.65. The van der Waals surface area contributed by atoms with Crippen LogP contribution in [-0.2, 0) is 0 Å². The second-order valence-electron chi connectivity index (χ2n) is 3.58. The van der Waals surface area contributed by atoms with Crippen LogP contribution in [0.15, 0.2) is 12.1 Å². The molecule has 1 atom stereocenters. The largest absolute Gasteiger partial charge is 0.504 e. The molecule has 0 fully saturated rings. The van der Waals surface area contributed by atoms with Crippen LogP contribution in [0.1, 0.15) is 22.3 Å². The Morgan fingerprint density at radius 1 is 1.19 bits per heavy atom. The molecule has 4 N–H and O–H groups in total. The van der Waals surface area contributed by atoms with Gasteiger partial charge in [-0.25, -0.2) is 0 Å². The molecule has 0 saturated carbocycles. The number of fused-ring (bicyclic) bond motifs is 1. The van der Waals surface area contributed by atoms with Crippen molar-refractivity contribution in [1.29, 1.82) is 0 Å². The molecule has 0 radical (unpaired) electrons. The van der Waals surface area contributed by atoms with Gasteiger partial charge < -0.3 is 20.4 Å². The van der Waals surface area contributed by atoms with Crippen molar-refractivity contribution in [2.45, 2.75) is 12.5 Å². The van der Waals surface area contributed by atoms with Gasteiger partial charge in [0.15, 0.2) is 17.3 Å². The lowest BCUT2D eigenvalue weighted by Crippen LogP contribution is -2.19. The summed E-state index contributed by atoms with van der Waals surface area (Å²) in [6.07, 6.45) is 1.95. The van der Waals surface area contributed by atoms with Crippen LogP contribution in [0.5, 0.6) is 17.2 Å². The maximum Gasteiger partial charge on any atom is 0.201 e. The van der Waals surface area contributed by atoms with Gasteiger partial charge in [-0.3, -0.25) is 4.79 Å². The number of aromatic hydroxyl groups is 3. The highest BCUT2D eigenvalue weighted by Gasteiger charge is 2.27. The number of aliphatic hydroxyl groups is 1. The topological polar surface area (TPSA) is 98.0 Å². The Morgan fingerprint density at radius 3 is 2.56 bits per heavy atom. The van der Waals surface area contributed by atoms with Gasteiger partial charge in [-0.1, -0.05) is 12.2 Å². The van der Waals surface area contributed by atoms with Gasteiger partial charge in [-0.2, -0.15) is 0 Å². The van der Waals surface area contributed by atoms with Gasteiger partial charge >= 0.3 is 0 Å². The van der Waals surface area contributed by atoms with E-state index in [0.717, 1.165) is 6.07 Å². The molecule has 0 amide bonds. The predicted octanol–water partition coefficient (Wildman–Crippen LogP) is 0.764. The molecule has 0 saturated heterocycles. The van der Waals surface area contributed by atoms with Crippen LogP contribution in [-0.4, -0.2) is 32.3 Å². The van der Waals surface area contributed by atoms with E-state index in [1.54, 1.807) is 6.08 Å². The minimum Gasteiger partial charge on any atom is -0.504 e. The smallest absolute Gasteiger partial charge is 0.201 e. The zero-order valence-corrected chi connectivity index (χ0v) is 8.21. The molecule has 1 unspecified atom stereocenters. The van der Waals surface area contributed by atoms with Gasteiger partial charge in [0.25, 0.3) is 0 Å². The number of carbonyl (C=O) groups excluding carboxylic acids is 1. The van der Waals surface area contributed by atoms with Crippen molar-refractivity contribution < 1.29 is 25.2 Å². The van der Waals surface area contributed by atoms with Crippen LogP contribution >= 0.6 is 0 Å². The lowest BCUT2D eigenvalue weighted by molar-refractivity contribution is 0.0751. The lowest BCUT2D eigenvalue weighted by Gasteiger charge is -2.11. The molecule has 2 rings (SSSR count). The number of hydrogen-bond acceptors (Lipinski definition) is 5. The number of ketones is 1. The van der Waals surface area contributed by atoms with E-state index in [1.165, 1.54) is 6.08 Å². The van der Waals surface area contributed by atoms with E-state index in [2.05, 4.69) is 0 Å². The quantitative estimate of drug-likeness (QED) is 0.486. The summed E-state index contributed by atoms with van der Waals surface area (Å²) in [6, 6.07) is 1.16. The average molecular weight is 222 g/mol. The lowest BCUT2D eigenvalue weighted by atomic mass is 9.99. The van der Waals surface area contributed by atoms with Crippen molar-refractivity contribution in [3.05, 3.63) is 23.3 Å². The molecule has 1 aromatic rings. The molecule has 5 nitrogen and oxygen atoms in total. The predicted molar refractivity (Wildman–Crippen MR) is 55.4 cm³/mol. The van der Waals surface area contributed by atoms with Crippen molar-refractivity contribution in [3.63, 3.8) is 0 Å². The van der Waals surface area contributed by atoms with Crippen LogP contribution < -0.4 is 0 Å². The van der Waals surface area contributed by atoms with E-state index in [1.807, 2.05) is 0 Å². The summed E-state index contributed by atoms with van der Waals surface area (Å²) >= 11 is 0. The van der Waals surface area contributed by atoms with Crippen LogP contribution in [0, 0.1) is 0 Å². The fraction of sp³-hybridized carbons (Fsp3) is 0.182. The maximum absolute atomic E-state index is 11.7. The number of rotatable bonds is 0. The summed E-state index contributed by atoms with van der Waals surface area (Å²) in [5, 5.41) is 37.6. The van der Waals surface area contributed by atoms with Gasteiger partial charge in [0.2, 0.25) is 5.75 Å². The monoisotopic (exact) mass is 222 g/mol. The minimum absolute atomic E-state index is 0.133. The number of aliphatic hydroxyl groups excluding tert-OH is 1. The summed E-state index contributed by atoms with van der Waals surface area (Å²) in [5.41, 5.74) is 0.103. The SMILES string of the molecule is O=C1c2c(cc(O)c(O)c2O)C=CCC1O. The molecule has 1 aliphatic rings. The molecular formula is C11H10O5. The zero-order chi connectivity index (χ0) is 11.9. The summed E-state index contributed by atoms with van der Waals surface area (Å²) in [4.78, 5) is 11.7. The third-order valence-corrected chi connectivity index (χ3v) is 2.49. The summed E-state index contributed by atoms with van der Waals surface area (Å²) in [7, 11) is 0. The summed E-state index contributed by atoms with van der Waals surface area (Å²) in [5.74, 6) is -2.64. The third-order valence-electron chi connectivity index (χ3n) is 2.49. The van der Waals surface area contributed by atoms with Gasteiger partial charge in [0, 0.05) is 0 Å². The highest BCUT2D eigenvalue weighted by Crippen LogP contribution is 2.41. The first-order valence-corrected chi connectivity index (χ1v) is 4.69. The first kappa shape index (κ1) is 10.5. The van der Waals surface area contributed by atoms with E-state index in [-0.39, 0.29) is 17.5 Å². The number of hydrogen-bond donors (Lipinski definition) is 4. The molecule has 5 heteroatoms. The molecule has 0 bridgehead atoms. The fourth-order valence-corrected chi connectivity index (χ4v) is 1.65. The Hall–Kier alpha value is -2.01. The molecule has 1 aliphatic carbocycles. The standard InChI is InChI=1S/C11H10O5/c12-6-3-1-2-5-4-7(13)10(15)11(16)8(5)9(6)14/h1-2,4,6,12-13,15-16H,3H2. The van der Waals surface area contributed by atoms with Gasteiger partial charge in [0.05, 0.1) is 5.56 Å². The van der Waals surface area contributed by atoms with Crippen LogP contribution in [0.3, 0.4) is 0 Å². The number of phenolic OH excluding ortho intramolecular Hbond substituents is 3. The molecular weight excluding hydrogens is 212 g/mol. The Kier molecular flexibility index (Phi) is 2.32. The number of Topliss-reactive ketones (excluding diaryl/α,β-unsaturated/α-hetero) is 1. The van der Waals surface area contributed by atoms with E-state index in [4.69, 9.17) is 0 Å². The summed E-state index contributed by atoms with van der Waals surface area (Å²) in [6.45, 7) is 0. The van der Waals surface area contributed by atoms with E-state index >= 15 is 0 Å². The van der Waals surface area contributed by atoms with E-state index < -0.39 is 29.1 Å². The van der Waals surface area contributed by atoms with E-state index in [0.29, 0.717) is 0 Å². The van der Waals surface area contributed by atoms with Crippen LogP contribution in [0.25, 0.3) is 6.08 Å². The first-order chi connectivity index (χ1) is 7.52. The number of carbonyl (C=O) groups is 1. The highest BCUT2D eigenvalue weighted by atomic mass is 16.3. The molecule has 16 heavy (non-hydrogen) atoms. The van der Waals surface area contributed by atoms with Gasteiger partial charge in [-0.05, 0) is 18.1 Å². The zero-order valence-electron chi connectivity index (χ0n) is 8.21. The Bertz CT molecular complexity index is 490. The molecule has 0 aromatic heterocycles. The maximum atomic E-state index is 11.7. The van der Waals surface area contributed by atoms with Crippen LogP contribution in [0.4, 0.5) is 0 Å². The second-order valence-corrected chi connectivity index (χ2v) is 3.58. The first-order valence-electron chi connectivity index (χ1n) is 4.69. The van der Waals surface area contributed by atoms with Gasteiger partial charge in [-0.15, -0.1) is 0 Å². The Labute approximate surface area is 90.9 Å². The van der Waals surface area contributed by atoms with Crippen molar-refractivity contribution in [2.24, 2.45) is 0 Å².